The Bertz CT molecular complexity index is 548. The summed E-state index contributed by atoms with van der Waals surface area (Å²) >= 11 is 7.85. The van der Waals surface area contributed by atoms with E-state index in [9.17, 15) is 0 Å². The van der Waals surface area contributed by atoms with Gasteiger partial charge in [-0.2, -0.15) is 0 Å². The first-order valence-corrected chi connectivity index (χ1v) is 7.64. The van der Waals surface area contributed by atoms with Crippen molar-refractivity contribution < 1.29 is 0 Å². The number of hydrogen-bond donors (Lipinski definition) is 1. The minimum atomic E-state index is 0.0277. The fourth-order valence-corrected chi connectivity index (χ4v) is 3.29. The topological polar surface area (TPSA) is 26.0 Å². The molecule has 0 saturated heterocycles. The molecule has 0 aliphatic carbocycles. The van der Waals surface area contributed by atoms with Crippen LogP contribution in [0.3, 0.4) is 0 Å². The maximum absolute atomic E-state index is 6.27. The number of rotatable bonds is 4. The second-order valence-corrected chi connectivity index (χ2v) is 6.24. The van der Waals surface area contributed by atoms with Crippen LogP contribution in [0.25, 0.3) is 0 Å². The largest absolute Gasteiger partial charge is 0.323 e. The van der Waals surface area contributed by atoms with Gasteiger partial charge in [0.15, 0.2) is 0 Å². The molecular weight excluding hydrogens is 274 g/mol. The van der Waals surface area contributed by atoms with Crippen LogP contribution in [0.5, 0.6) is 0 Å². The normalized spacial score (nSPS) is 12.4. The van der Waals surface area contributed by atoms with Crippen LogP contribution in [0.15, 0.2) is 47.4 Å². The van der Waals surface area contributed by atoms with Crippen LogP contribution in [-0.2, 0) is 0 Å². The molecule has 0 radical (unpaired) electrons. The number of benzene rings is 2. The Kier molecular flexibility index (Phi) is 4.92. The van der Waals surface area contributed by atoms with Crippen molar-refractivity contribution in [3.8, 4) is 0 Å². The molecular formula is C16H18ClNS. The number of aryl methyl sites for hydroxylation is 2. The van der Waals surface area contributed by atoms with Gasteiger partial charge in [-0.15, -0.1) is 11.8 Å². The van der Waals surface area contributed by atoms with Crippen molar-refractivity contribution in [2.24, 2.45) is 5.73 Å². The molecule has 2 N–H and O–H groups in total. The van der Waals surface area contributed by atoms with Gasteiger partial charge in [-0.1, -0.05) is 53.1 Å². The Labute approximate surface area is 124 Å². The van der Waals surface area contributed by atoms with Gasteiger partial charge in [0.05, 0.1) is 5.02 Å². The lowest BCUT2D eigenvalue weighted by atomic mass is 10.0. The van der Waals surface area contributed by atoms with E-state index in [1.54, 1.807) is 11.8 Å². The SMILES string of the molecule is Cc1cc(C)cc(C(N)CSc2ccccc2Cl)c1. The highest BCUT2D eigenvalue weighted by atomic mass is 35.5. The first kappa shape index (κ1) is 14.4. The van der Waals surface area contributed by atoms with E-state index in [2.05, 4.69) is 32.0 Å². The number of halogens is 1. The Morgan fingerprint density at radius 3 is 2.37 bits per heavy atom. The predicted octanol–water partition coefficient (Wildman–Crippen LogP) is 4.75. The highest BCUT2D eigenvalue weighted by Gasteiger charge is 2.09. The van der Waals surface area contributed by atoms with Crippen molar-refractivity contribution in [3.05, 3.63) is 64.2 Å². The van der Waals surface area contributed by atoms with E-state index in [0.717, 1.165) is 15.7 Å². The summed E-state index contributed by atoms with van der Waals surface area (Å²) < 4.78 is 0. The molecule has 19 heavy (non-hydrogen) atoms. The summed E-state index contributed by atoms with van der Waals surface area (Å²) in [4.78, 5) is 1.09. The van der Waals surface area contributed by atoms with Gasteiger partial charge in [-0.25, -0.2) is 0 Å². The first-order valence-electron chi connectivity index (χ1n) is 6.27. The third kappa shape index (κ3) is 4.00. The van der Waals surface area contributed by atoms with Crippen molar-refractivity contribution in [2.45, 2.75) is 24.8 Å². The monoisotopic (exact) mass is 291 g/mol. The maximum atomic E-state index is 6.27. The van der Waals surface area contributed by atoms with Crippen LogP contribution >= 0.6 is 23.4 Å². The molecule has 3 heteroatoms. The van der Waals surface area contributed by atoms with Crippen molar-refractivity contribution in [1.29, 1.82) is 0 Å². The van der Waals surface area contributed by atoms with Crippen LogP contribution in [-0.4, -0.2) is 5.75 Å². The summed E-state index contributed by atoms with van der Waals surface area (Å²) in [6, 6.07) is 14.4. The Morgan fingerprint density at radius 1 is 1.11 bits per heavy atom. The molecule has 1 atom stereocenters. The lowest BCUT2D eigenvalue weighted by Gasteiger charge is -2.14. The predicted molar refractivity (Wildman–Crippen MR) is 85.0 cm³/mol. The van der Waals surface area contributed by atoms with Gasteiger partial charge in [-0.3, -0.25) is 0 Å². The summed E-state index contributed by atoms with van der Waals surface area (Å²) in [5.41, 5.74) is 9.97. The average Bonchev–Trinajstić information content (AvgIpc) is 2.36. The highest BCUT2D eigenvalue weighted by Crippen LogP contribution is 2.29. The van der Waals surface area contributed by atoms with Crippen LogP contribution in [0.2, 0.25) is 5.02 Å². The average molecular weight is 292 g/mol. The molecule has 0 spiro atoms. The number of hydrogen-bond acceptors (Lipinski definition) is 2. The van der Waals surface area contributed by atoms with Crippen LogP contribution in [0.1, 0.15) is 22.7 Å². The molecule has 0 aliphatic heterocycles. The Morgan fingerprint density at radius 2 is 1.74 bits per heavy atom. The second kappa shape index (κ2) is 6.47. The lowest BCUT2D eigenvalue weighted by molar-refractivity contribution is 0.828. The third-order valence-corrected chi connectivity index (χ3v) is 4.56. The quantitative estimate of drug-likeness (QED) is 0.823. The molecule has 0 heterocycles. The third-order valence-electron chi connectivity index (χ3n) is 2.93. The molecule has 0 amide bonds. The standard InChI is InChI=1S/C16H18ClNS/c1-11-7-12(2)9-13(8-11)15(18)10-19-16-6-4-3-5-14(16)17/h3-9,15H,10,18H2,1-2H3. The lowest BCUT2D eigenvalue weighted by Crippen LogP contribution is -2.13. The fourth-order valence-electron chi connectivity index (χ4n) is 2.06. The van der Waals surface area contributed by atoms with E-state index in [0.29, 0.717) is 0 Å². The van der Waals surface area contributed by atoms with Crippen LogP contribution in [0, 0.1) is 13.8 Å². The van der Waals surface area contributed by atoms with Gasteiger partial charge in [0, 0.05) is 16.7 Å². The van der Waals surface area contributed by atoms with Crippen molar-refractivity contribution in [2.75, 3.05) is 5.75 Å². The molecule has 0 bridgehead atoms. The zero-order valence-electron chi connectivity index (χ0n) is 11.2. The molecule has 0 aromatic heterocycles. The molecule has 0 aliphatic rings. The van der Waals surface area contributed by atoms with E-state index >= 15 is 0 Å². The van der Waals surface area contributed by atoms with E-state index in [4.69, 9.17) is 17.3 Å². The van der Waals surface area contributed by atoms with Crippen LogP contribution < -0.4 is 5.73 Å². The van der Waals surface area contributed by atoms with E-state index in [1.807, 2.05) is 24.3 Å². The van der Waals surface area contributed by atoms with E-state index in [-0.39, 0.29) is 6.04 Å². The summed E-state index contributed by atoms with van der Waals surface area (Å²) in [6.45, 7) is 4.20. The van der Waals surface area contributed by atoms with Crippen molar-refractivity contribution in [3.63, 3.8) is 0 Å². The second-order valence-electron chi connectivity index (χ2n) is 4.77. The summed E-state index contributed by atoms with van der Waals surface area (Å²) in [6.07, 6.45) is 0. The zero-order valence-corrected chi connectivity index (χ0v) is 12.8. The maximum Gasteiger partial charge on any atom is 0.0541 e. The van der Waals surface area contributed by atoms with Gasteiger partial charge >= 0.3 is 0 Å². The van der Waals surface area contributed by atoms with E-state index in [1.165, 1.54) is 16.7 Å². The smallest absolute Gasteiger partial charge is 0.0541 e. The van der Waals surface area contributed by atoms with Gasteiger partial charge in [0.25, 0.3) is 0 Å². The van der Waals surface area contributed by atoms with Gasteiger partial charge in [0.1, 0.15) is 0 Å². The molecule has 2 aromatic carbocycles. The Balaban J connectivity index is 2.05. The molecule has 2 rings (SSSR count). The van der Waals surface area contributed by atoms with Crippen molar-refractivity contribution in [1.82, 2.24) is 0 Å². The summed E-state index contributed by atoms with van der Waals surface area (Å²) in [5.74, 6) is 0.826. The highest BCUT2D eigenvalue weighted by molar-refractivity contribution is 7.99. The van der Waals surface area contributed by atoms with Gasteiger partial charge in [-0.05, 0) is 31.5 Å². The molecule has 0 fully saturated rings. The van der Waals surface area contributed by atoms with E-state index < -0.39 is 0 Å². The fraction of sp³-hybridized carbons (Fsp3) is 0.250. The molecule has 2 aromatic rings. The molecule has 1 nitrogen and oxygen atoms in total. The van der Waals surface area contributed by atoms with Gasteiger partial charge in [0.2, 0.25) is 0 Å². The number of nitrogens with two attached hydrogens (primary N) is 1. The Hall–Kier alpha value is -0.960. The van der Waals surface area contributed by atoms with Crippen molar-refractivity contribution >= 4 is 23.4 Å². The van der Waals surface area contributed by atoms with Crippen LogP contribution in [0.4, 0.5) is 0 Å². The minimum absolute atomic E-state index is 0.0277. The first-order chi connectivity index (χ1) is 9.06. The summed E-state index contributed by atoms with van der Waals surface area (Å²) in [7, 11) is 0. The summed E-state index contributed by atoms with van der Waals surface area (Å²) in [5, 5.41) is 0.792. The van der Waals surface area contributed by atoms with Gasteiger partial charge < -0.3 is 5.73 Å². The zero-order chi connectivity index (χ0) is 13.8. The minimum Gasteiger partial charge on any atom is -0.323 e. The number of thioether (sulfide) groups is 1. The molecule has 100 valence electrons. The molecule has 0 saturated carbocycles. The molecule has 1 unspecified atom stereocenters.